The molecule has 0 unspecified atom stereocenters. The van der Waals surface area contributed by atoms with Crippen LogP contribution in [0, 0.1) is 17.5 Å². The van der Waals surface area contributed by atoms with Crippen molar-refractivity contribution in [2.24, 2.45) is 0 Å². The highest BCUT2D eigenvalue weighted by atomic mass is 19.1. The summed E-state index contributed by atoms with van der Waals surface area (Å²) in [6.07, 6.45) is 2.84. The Morgan fingerprint density at radius 1 is 0.737 bits per heavy atom. The van der Waals surface area contributed by atoms with Crippen LogP contribution in [0.1, 0.15) is 11.1 Å². The molecule has 0 saturated heterocycles. The van der Waals surface area contributed by atoms with Crippen LogP contribution in [-0.4, -0.2) is 0 Å². The maximum absolute atomic E-state index is 12.5. The van der Waals surface area contributed by atoms with E-state index in [-0.39, 0.29) is 5.82 Å². The Balaban J connectivity index is 0.000000191. The first-order valence-electron chi connectivity index (χ1n) is 5.53. The zero-order valence-corrected chi connectivity index (χ0v) is 10.2. The third kappa shape index (κ3) is 4.47. The first-order valence-corrected chi connectivity index (χ1v) is 5.53. The van der Waals surface area contributed by atoms with Crippen molar-refractivity contribution in [1.29, 1.82) is 0 Å². The molecule has 2 rings (SSSR count). The largest absolute Gasteiger partial charge is 0.207 e. The predicted octanol–water partition coefficient (Wildman–Crippen LogP) is 5.08. The molecule has 19 heavy (non-hydrogen) atoms. The molecular formula is C16H13F3. The summed E-state index contributed by atoms with van der Waals surface area (Å²) in [4.78, 5) is 0. The van der Waals surface area contributed by atoms with Crippen LogP contribution in [0.15, 0.2) is 55.6 Å². The molecular weight excluding hydrogens is 249 g/mol. The number of benzene rings is 2. The molecule has 3 heteroatoms. The average Bonchev–Trinajstić information content (AvgIpc) is 2.40. The Morgan fingerprint density at radius 3 is 1.79 bits per heavy atom. The maximum Gasteiger partial charge on any atom is 0.133 e. The fourth-order valence-corrected chi connectivity index (χ4v) is 1.31. The Labute approximate surface area is 110 Å². The average molecular weight is 262 g/mol. The van der Waals surface area contributed by atoms with Gasteiger partial charge in [0.05, 0.1) is 0 Å². The third-order valence-electron chi connectivity index (χ3n) is 2.31. The van der Waals surface area contributed by atoms with Crippen LogP contribution in [0.2, 0.25) is 0 Å². The van der Waals surface area contributed by atoms with Gasteiger partial charge in [-0.15, -0.1) is 0 Å². The molecule has 0 amide bonds. The van der Waals surface area contributed by atoms with Crippen LogP contribution in [0.25, 0.3) is 12.2 Å². The van der Waals surface area contributed by atoms with Crippen molar-refractivity contribution in [3.05, 3.63) is 84.2 Å². The van der Waals surface area contributed by atoms with Gasteiger partial charge in [0.15, 0.2) is 0 Å². The number of rotatable bonds is 2. The van der Waals surface area contributed by atoms with E-state index in [4.69, 9.17) is 0 Å². The minimum atomic E-state index is -0.574. The van der Waals surface area contributed by atoms with Gasteiger partial charge in [0.2, 0.25) is 0 Å². The van der Waals surface area contributed by atoms with E-state index in [1.54, 1.807) is 18.2 Å². The summed E-state index contributed by atoms with van der Waals surface area (Å²) in [5.41, 5.74) is 0.874. The zero-order chi connectivity index (χ0) is 14.3. The van der Waals surface area contributed by atoms with Crippen molar-refractivity contribution in [1.82, 2.24) is 0 Å². The van der Waals surface area contributed by atoms with Gasteiger partial charge >= 0.3 is 0 Å². The normalized spacial score (nSPS) is 9.21. The highest BCUT2D eigenvalue weighted by Crippen LogP contribution is 2.09. The molecule has 0 fully saturated rings. The fraction of sp³-hybridized carbons (Fsp3) is 0. The smallest absolute Gasteiger partial charge is 0.133 e. The first-order chi connectivity index (χ1) is 9.08. The van der Waals surface area contributed by atoms with E-state index in [1.165, 1.54) is 30.4 Å². The minimum absolute atomic E-state index is 0.215. The summed E-state index contributed by atoms with van der Waals surface area (Å²) in [6.45, 7) is 6.81. The lowest BCUT2D eigenvalue weighted by molar-refractivity contribution is 0.581. The summed E-state index contributed by atoms with van der Waals surface area (Å²) in [7, 11) is 0. The molecule has 0 heterocycles. The first kappa shape index (κ1) is 14.8. The highest BCUT2D eigenvalue weighted by Gasteiger charge is 1.97. The second-order valence-electron chi connectivity index (χ2n) is 3.60. The van der Waals surface area contributed by atoms with Crippen molar-refractivity contribution in [3.63, 3.8) is 0 Å². The summed E-state index contributed by atoms with van der Waals surface area (Å²) in [6, 6.07) is 9.90. The molecule has 0 spiro atoms. The third-order valence-corrected chi connectivity index (χ3v) is 2.31. The second-order valence-corrected chi connectivity index (χ2v) is 3.60. The van der Waals surface area contributed by atoms with Crippen molar-refractivity contribution in [2.75, 3.05) is 0 Å². The lowest BCUT2D eigenvalue weighted by atomic mass is 10.2. The van der Waals surface area contributed by atoms with Crippen molar-refractivity contribution < 1.29 is 13.2 Å². The second kappa shape index (κ2) is 7.21. The van der Waals surface area contributed by atoms with Gasteiger partial charge in [-0.2, -0.15) is 0 Å². The molecule has 0 aliphatic heterocycles. The SMILES string of the molecule is C=Cc1ccc(F)cc1F.C=Cc1ccccc1F. The monoisotopic (exact) mass is 262 g/mol. The van der Waals surface area contributed by atoms with Gasteiger partial charge in [-0.05, 0) is 18.2 Å². The predicted molar refractivity (Wildman–Crippen MR) is 72.9 cm³/mol. The molecule has 0 N–H and O–H groups in total. The Hall–Kier alpha value is -2.29. The van der Waals surface area contributed by atoms with Gasteiger partial charge in [-0.25, -0.2) is 13.2 Å². The van der Waals surface area contributed by atoms with E-state index in [0.717, 1.165) is 6.07 Å². The van der Waals surface area contributed by atoms with Gasteiger partial charge in [-0.3, -0.25) is 0 Å². The molecule has 0 aliphatic rings. The van der Waals surface area contributed by atoms with Crippen molar-refractivity contribution >= 4 is 12.2 Å². The Kier molecular flexibility index (Phi) is 5.61. The molecule has 0 atom stereocenters. The quantitative estimate of drug-likeness (QED) is 0.708. The molecule has 2 aromatic carbocycles. The standard InChI is InChI=1S/C8H6F2.C8H7F/c1-2-6-3-4-7(9)5-8(6)10;1-2-7-5-3-4-6-8(7)9/h2-5H,1H2;2-6H,1H2. The number of hydrogen-bond acceptors (Lipinski definition) is 0. The zero-order valence-electron chi connectivity index (χ0n) is 10.2. The van der Waals surface area contributed by atoms with Crippen LogP contribution >= 0.6 is 0 Å². The van der Waals surface area contributed by atoms with E-state index >= 15 is 0 Å². The molecule has 0 bridgehead atoms. The van der Waals surface area contributed by atoms with E-state index in [2.05, 4.69) is 13.2 Å². The molecule has 98 valence electrons. The van der Waals surface area contributed by atoms with Crippen LogP contribution in [0.4, 0.5) is 13.2 Å². The molecule has 0 aliphatic carbocycles. The van der Waals surface area contributed by atoms with Gasteiger partial charge in [-0.1, -0.05) is 43.5 Å². The summed E-state index contributed by atoms with van der Waals surface area (Å²) in [5.74, 6) is -1.36. The Morgan fingerprint density at radius 2 is 1.32 bits per heavy atom. The Bertz CT molecular complexity index is 574. The molecule has 0 aromatic heterocycles. The summed E-state index contributed by atoms with van der Waals surface area (Å²) in [5, 5.41) is 0. The fourth-order valence-electron chi connectivity index (χ4n) is 1.31. The van der Waals surface area contributed by atoms with Crippen molar-refractivity contribution in [3.8, 4) is 0 Å². The van der Waals surface area contributed by atoms with Gasteiger partial charge in [0.1, 0.15) is 17.5 Å². The summed E-state index contributed by atoms with van der Waals surface area (Å²) < 4.78 is 37.3. The van der Waals surface area contributed by atoms with E-state index < -0.39 is 11.6 Å². The molecule has 2 aromatic rings. The lowest BCUT2D eigenvalue weighted by Crippen LogP contribution is -1.82. The van der Waals surface area contributed by atoms with Crippen LogP contribution < -0.4 is 0 Å². The topological polar surface area (TPSA) is 0 Å². The molecule has 0 saturated carbocycles. The van der Waals surface area contributed by atoms with E-state index in [1.807, 2.05) is 0 Å². The van der Waals surface area contributed by atoms with Crippen LogP contribution in [-0.2, 0) is 0 Å². The van der Waals surface area contributed by atoms with Crippen LogP contribution in [0.5, 0.6) is 0 Å². The van der Waals surface area contributed by atoms with Crippen molar-refractivity contribution in [2.45, 2.75) is 0 Å². The van der Waals surface area contributed by atoms with E-state index in [0.29, 0.717) is 11.1 Å². The number of halogens is 3. The van der Waals surface area contributed by atoms with Gasteiger partial charge in [0.25, 0.3) is 0 Å². The van der Waals surface area contributed by atoms with Gasteiger partial charge < -0.3 is 0 Å². The van der Waals surface area contributed by atoms with Gasteiger partial charge in [0, 0.05) is 17.2 Å². The maximum atomic E-state index is 12.5. The number of hydrogen-bond donors (Lipinski definition) is 0. The minimum Gasteiger partial charge on any atom is -0.207 e. The van der Waals surface area contributed by atoms with E-state index in [9.17, 15) is 13.2 Å². The molecule has 0 radical (unpaired) electrons. The molecule has 0 nitrogen and oxygen atoms in total. The highest BCUT2D eigenvalue weighted by molar-refractivity contribution is 5.47. The lowest BCUT2D eigenvalue weighted by Gasteiger charge is -1.93. The van der Waals surface area contributed by atoms with Crippen LogP contribution in [0.3, 0.4) is 0 Å². The summed E-state index contributed by atoms with van der Waals surface area (Å²) >= 11 is 0.